The maximum absolute atomic E-state index is 7.13. The van der Waals surface area contributed by atoms with Gasteiger partial charge >= 0.3 is 211 Å². The molecule has 0 fully saturated rings. The van der Waals surface area contributed by atoms with Crippen molar-refractivity contribution in [1.82, 2.24) is 0 Å². The standard InChI is InChI=1S/C30H21Cl2NTe/c1-20-10-17-27(28(18-20)34(31,32)25-8-3-2-4-9-25)33-19-24-14-13-23-12-11-21-6-5-7-22-15-16-26(24)30(23)29(21)22/h2-19H,1H3. The zero-order valence-corrected chi connectivity index (χ0v) is 22.3. The number of hydrogen-bond donors (Lipinski definition) is 0. The molecule has 0 spiro atoms. The first-order valence-corrected chi connectivity index (χ1v) is 19.3. The summed E-state index contributed by atoms with van der Waals surface area (Å²) in [7, 11) is 14.3. The van der Waals surface area contributed by atoms with Gasteiger partial charge in [-0.05, 0) is 0 Å². The molecule has 0 atom stereocenters. The summed E-state index contributed by atoms with van der Waals surface area (Å²) in [5.74, 6) is 0. The molecule has 0 radical (unpaired) electrons. The quantitative estimate of drug-likeness (QED) is 0.113. The van der Waals surface area contributed by atoms with Crippen molar-refractivity contribution >= 4 is 85.3 Å². The molecule has 1 nitrogen and oxygen atoms in total. The van der Waals surface area contributed by atoms with E-state index in [-0.39, 0.29) is 0 Å². The first-order valence-electron chi connectivity index (χ1n) is 11.1. The average Bonchev–Trinajstić information content (AvgIpc) is 2.87. The molecule has 0 unspecified atom stereocenters. The fourth-order valence-electron chi connectivity index (χ4n) is 4.66. The summed E-state index contributed by atoms with van der Waals surface area (Å²) >= 11 is -3.59. The molecule has 0 heterocycles. The van der Waals surface area contributed by atoms with Crippen molar-refractivity contribution in [1.29, 1.82) is 0 Å². The Morgan fingerprint density at radius 1 is 0.676 bits per heavy atom. The van der Waals surface area contributed by atoms with Crippen LogP contribution in [0.15, 0.2) is 108 Å². The Morgan fingerprint density at radius 2 is 1.35 bits per heavy atom. The summed E-state index contributed by atoms with van der Waals surface area (Å²) in [5, 5.41) is 7.56. The average molecular weight is 594 g/mol. The molecule has 4 heteroatoms. The van der Waals surface area contributed by atoms with E-state index in [4.69, 9.17) is 22.9 Å². The number of aliphatic imine (C=N–C) groups is 1. The third-order valence-electron chi connectivity index (χ3n) is 6.34. The van der Waals surface area contributed by atoms with Gasteiger partial charge in [-0.15, -0.1) is 0 Å². The molecule has 6 aromatic carbocycles. The van der Waals surface area contributed by atoms with Gasteiger partial charge in [-0.1, -0.05) is 0 Å². The number of nitrogens with zero attached hydrogens (tertiary/aromatic N) is 1. The predicted octanol–water partition coefficient (Wildman–Crippen LogP) is 7.68. The van der Waals surface area contributed by atoms with E-state index in [1.54, 1.807) is 0 Å². The van der Waals surface area contributed by atoms with Crippen LogP contribution >= 0.6 is 17.9 Å². The Kier molecular flexibility index (Phi) is 5.51. The van der Waals surface area contributed by atoms with Crippen LogP contribution in [0.3, 0.4) is 0 Å². The van der Waals surface area contributed by atoms with Crippen molar-refractivity contribution in [3.63, 3.8) is 0 Å². The third kappa shape index (κ3) is 3.67. The molecule has 0 aliphatic carbocycles. The van der Waals surface area contributed by atoms with Gasteiger partial charge in [-0.25, -0.2) is 0 Å². The van der Waals surface area contributed by atoms with E-state index in [9.17, 15) is 0 Å². The minimum absolute atomic E-state index is 0.839. The van der Waals surface area contributed by atoms with Crippen LogP contribution in [0, 0.1) is 6.92 Å². The summed E-state index contributed by atoms with van der Waals surface area (Å²) in [6.45, 7) is 2.06. The van der Waals surface area contributed by atoms with Crippen LogP contribution < -0.4 is 7.22 Å². The van der Waals surface area contributed by atoms with Crippen molar-refractivity contribution in [2.24, 2.45) is 4.99 Å². The van der Waals surface area contributed by atoms with Gasteiger partial charge in [0, 0.05) is 0 Å². The van der Waals surface area contributed by atoms with Crippen LogP contribution in [-0.4, -0.2) is 22.2 Å². The molecular weight excluding hydrogens is 573 g/mol. The Bertz CT molecular complexity index is 1670. The van der Waals surface area contributed by atoms with Gasteiger partial charge in [0.2, 0.25) is 0 Å². The second-order valence-corrected chi connectivity index (χ2v) is 21.1. The molecule has 0 amide bonds. The summed E-state index contributed by atoms with van der Waals surface area (Å²) in [4.78, 5) is 4.95. The summed E-state index contributed by atoms with van der Waals surface area (Å²) in [5.41, 5.74) is 3.05. The third-order valence-corrected chi connectivity index (χ3v) is 15.9. The van der Waals surface area contributed by atoms with Crippen molar-refractivity contribution in [2.75, 3.05) is 0 Å². The number of halogens is 2. The fourth-order valence-corrected chi connectivity index (χ4v) is 11.9. The molecule has 34 heavy (non-hydrogen) atoms. The van der Waals surface area contributed by atoms with Gasteiger partial charge in [-0.2, -0.15) is 0 Å². The van der Waals surface area contributed by atoms with Crippen LogP contribution in [0.5, 0.6) is 0 Å². The molecule has 0 saturated carbocycles. The first-order chi connectivity index (χ1) is 16.5. The van der Waals surface area contributed by atoms with Crippen LogP contribution in [0.1, 0.15) is 11.1 Å². The second kappa shape index (κ2) is 8.56. The molecule has 0 aliphatic heterocycles. The van der Waals surface area contributed by atoms with Crippen LogP contribution in [0.25, 0.3) is 32.3 Å². The second-order valence-electron chi connectivity index (χ2n) is 8.52. The van der Waals surface area contributed by atoms with Gasteiger partial charge in [0.25, 0.3) is 0 Å². The van der Waals surface area contributed by atoms with E-state index in [0.29, 0.717) is 0 Å². The molecule has 6 rings (SSSR count). The van der Waals surface area contributed by atoms with Gasteiger partial charge in [-0.3, -0.25) is 0 Å². The van der Waals surface area contributed by atoms with Crippen molar-refractivity contribution in [3.8, 4) is 0 Å². The number of rotatable bonds is 4. The van der Waals surface area contributed by atoms with Crippen LogP contribution in [0.2, 0.25) is 0 Å². The first kappa shape index (κ1) is 21.9. The number of aryl methyl sites for hydroxylation is 1. The Labute approximate surface area is 210 Å². The van der Waals surface area contributed by atoms with E-state index < -0.39 is 15.9 Å². The Hall–Kier alpha value is -2.60. The van der Waals surface area contributed by atoms with Gasteiger partial charge in [0.15, 0.2) is 0 Å². The van der Waals surface area contributed by atoms with Gasteiger partial charge < -0.3 is 0 Å². The molecule has 6 aromatic rings. The fraction of sp³-hybridized carbons (Fsp3) is 0.0333. The molecule has 0 aliphatic rings. The molecule has 0 aromatic heterocycles. The van der Waals surface area contributed by atoms with E-state index in [0.717, 1.165) is 24.0 Å². The Balaban J connectivity index is 1.51. The van der Waals surface area contributed by atoms with E-state index >= 15 is 0 Å². The normalized spacial score (nSPS) is 12.9. The summed E-state index contributed by atoms with van der Waals surface area (Å²) in [6, 6.07) is 35.8. The molecule has 0 N–H and O–H groups in total. The number of benzene rings is 6. The van der Waals surface area contributed by atoms with Crippen molar-refractivity contribution in [3.05, 3.63) is 114 Å². The number of hydrogen-bond acceptors (Lipinski definition) is 1. The van der Waals surface area contributed by atoms with Crippen LogP contribution in [0.4, 0.5) is 5.69 Å². The monoisotopic (exact) mass is 595 g/mol. The van der Waals surface area contributed by atoms with Crippen molar-refractivity contribution < 1.29 is 0 Å². The summed E-state index contributed by atoms with van der Waals surface area (Å²) in [6.07, 6.45) is 1.96. The van der Waals surface area contributed by atoms with Crippen molar-refractivity contribution in [2.45, 2.75) is 6.92 Å². The van der Waals surface area contributed by atoms with E-state index in [1.807, 2.05) is 42.6 Å². The molecule has 0 bridgehead atoms. The zero-order chi connectivity index (χ0) is 23.3. The topological polar surface area (TPSA) is 12.4 Å². The van der Waals surface area contributed by atoms with E-state index in [1.165, 1.54) is 32.3 Å². The predicted molar refractivity (Wildman–Crippen MR) is 152 cm³/mol. The maximum atomic E-state index is 7.13. The Morgan fingerprint density at radius 3 is 2.12 bits per heavy atom. The van der Waals surface area contributed by atoms with Gasteiger partial charge in [0.1, 0.15) is 0 Å². The summed E-state index contributed by atoms with van der Waals surface area (Å²) < 4.78 is 1.98. The van der Waals surface area contributed by atoms with E-state index in [2.05, 4.69) is 73.7 Å². The molecule has 0 saturated heterocycles. The SMILES string of the molecule is Cc1ccc(N=Cc2ccc3ccc4cccc5ccc2c3c45)c([Te](Cl)(Cl)c2ccccc2)c1. The molecular formula is C30H21Cl2NTe. The molecule has 166 valence electrons. The van der Waals surface area contributed by atoms with Crippen LogP contribution in [-0.2, 0) is 0 Å². The van der Waals surface area contributed by atoms with Gasteiger partial charge in [0.05, 0.1) is 0 Å². The minimum atomic E-state index is -3.59. The zero-order valence-electron chi connectivity index (χ0n) is 18.5.